The van der Waals surface area contributed by atoms with Crippen LogP contribution in [0.15, 0.2) is 83.8 Å². The summed E-state index contributed by atoms with van der Waals surface area (Å²) in [6, 6.07) is 19.9. The second-order valence-corrected chi connectivity index (χ2v) is 9.49. The minimum Gasteiger partial charge on any atom is -0.368 e. The average molecular weight is 547 g/mol. The van der Waals surface area contributed by atoms with E-state index in [9.17, 15) is 9.59 Å². The maximum atomic E-state index is 13.9. The van der Waals surface area contributed by atoms with Crippen molar-refractivity contribution in [2.45, 2.75) is 33.2 Å². The molecule has 0 aliphatic heterocycles. The first-order valence-electron chi connectivity index (χ1n) is 13.2. The molecule has 0 fully saturated rings. The molecule has 0 aliphatic rings. The number of nitrogen functional groups attached to an aromatic ring is 1. The van der Waals surface area contributed by atoms with Gasteiger partial charge in [-0.3, -0.25) is 14.2 Å². The fourth-order valence-corrected chi connectivity index (χ4v) is 4.66. The number of hydrogen-bond acceptors (Lipinski definition) is 8. The van der Waals surface area contributed by atoms with Gasteiger partial charge in [0.1, 0.15) is 17.5 Å². The summed E-state index contributed by atoms with van der Waals surface area (Å²) in [5, 5.41) is 6.73. The number of anilines is 3. The largest absolute Gasteiger partial charge is 0.368 e. The minimum absolute atomic E-state index is 0.0810. The van der Waals surface area contributed by atoms with Crippen LogP contribution in [-0.2, 0) is 4.79 Å². The number of carbonyl (C=O) groups excluding carboxylic acids is 1. The van der Waals surface area contributed by atoms with Gasteiger partial charge in [-0.15, -0.1) is 0 Å². The van der Waals surface area contributed by atoms with Gasteiger partial charge in [0, 0.05) is 17.8 Å². The number of pyridine rings is 1. The third-order valence-corrected chi connectivity index (χ3v) is 6.65. The fourth-order valence-electron chi connectivity index (χ4n) is 4.66. The van der Waals surface area contributed by atoms with Crippen LogP contribution in [0.4, 0.5) is 17.6 Å². The topological polar surface area (TPSA) is 141 Å². The number of fused-ring (bicyclic) bond motifs is 1. The van der Waals surface area contributed by atoms with Crippen LogP contribution >= 0.6 is 0 Å². The van der Waals surface area contributed by atoms with Crippen LogP contribution in [0.3, 0.4) is 0 Å². The summed E-state index contributed by atoms with van der Waals surface area (Å²) in [5.74, 6) is 1.11. The lowest BCUT2D eigenvalue weighted by Crippen LogP contribution is -2.29. The Balaban J connectivity index is 1.58. The van der Waals surface area contributed by atoms with E-state index in [1.807, 2.05) is 62.4 Å². The molecule has 206 valence electrons. The molecule has 4 N–H and O–H groups in total. The van der Waals surface area contributed by atoms with Gasteiger partial charge >= 0.3 is 0 Å². The van der Waals surface area contributed by atoms with Crippen LogP contribution in [0.1, 0.15) is 42.0 Å². The first-order valence-corrected chi connectivity index (χ1v) is 13.2. The molecule has 0 aliphatic carbocycles. The van der Waals surface area contributed by atoms with Crippen LogP contribution < -0.4 is 21.9 Å². The first kappa shape index (κ1) is 27.2. The molecule has 3 aromatic heterocycles. The zero-order valence-electron chi connectivity index (χ0n) is 23.0. The van der Waals surface area contributed by atoms with Crippen molar-refractivity contribution in [1.29, 1.82) is 0 Å². The highest BCUT2D eigenvalue weighted by molar-refractivity contribution is 6.01. The minimum atomic E-state index is -0.434. The van der Waals surface area contributed by atoms with E-state index in [0.29, 0.717) is 51.7 Å². The maximum Gasteiger partial charge on any atom is 0.266 e. The van der Waals surface area contributed by atoms with Gasteiger partial charge in [0.15, 0.2) is 0 Å². The van der Waals surface area contributed by atoms with E-state index in [1.165, 1.54) is 6.08 Å². The number of nitrogens with two attached hydrogens (primary N) is 1. The van der Waals surface area contributed by atoms with Gasteiger partial charge < -0.3 is 16.4 Å². The van der Waals surface area contributed by atoms with E-state index in [0.717, 1.165) is 5.56 Å². The molecule has 10 heteroatoms. The average Bonchev–Trinajstić information content (AvgIpc) is 2.96. The summed E-state index contributed by atoms with van der Waals surface area (Å²) < 4.78 is 1.64. The van der Waals surface area contributed by atoms with E-state index < -0.39 is 6.04 Å². The highest BCUT2D eigenvalue weighted by atomic mass is 16.1. The molecule has 10 nitrogen and oxygen atoms in total. The highest BCUT2D eigenvalue weighted by Gasteiger charge is 2.23. The number of para-hydroxylation sites is 1. The summed E-state index contributed by atoms with van der Waals surface area (Å²) in [6.45, 7) is 5.69. The van der Waals surface area contributed by atoms with Crippen LogP contribution in [0.2, 0.25) is 0 Å². The number of nitrogens with one attached hydrogen (secondary N) is 2. The molecular formula is C31H30N8O2. The summed E-state index contributed by atoms with van der Waals surface area (Å²) >= 11 is 0. The molecule has 0 spiro atoms. The molecule has 3 heterocycles. The van der Waals surface area contributed by atoms with E-state index in [1.54, 1.807) is 42.0 Å². The Kier molecular flexibility index (Phi) is 7.82. The van der Waals surface area contributed by atoms with Gasteiger partial charge in [0.25, 0.3) is 5.56 Å². The Labute approximate surface area is 237 Å². The van der Waals surface area contributed by atoms with Crippen LogP contribution in [0.25, 0.3) is 22.7 Å². The summed E-state index contributed by atoms with van der Waals surface area (Å²) in [5.41, 5.74) is 9.22. The SMILES string of the molecule is CCC(Nc1nc(N)nc(C)c1C=CC(=O)Nc1ccccn1)c1nc2cccc(C)c2c(=O)n1-c1ccccc1. The second kappa shape index (κ2) is 11.8. The van der Waals surface area contributed by atoms with Crippen molar-refractivity contribution in [2.24, 2.45) is 0 Å². The number of hydrogen-bond donors (Lipinski definition) is 3. The summed E-state index contributed by atoms with van der Waals surface area (Å²) in [7, 11) is 0. The lowest BCUT2D eigenvalue weighted by Gasteiger charge is -2.23. The number of aryl methyl sites for hydroxylation is 2. The van der Waals surface area contributed by atoms with E-state index in [4.69, 9.17) is 10.7 Å². The molecular weight excluding hydrogens is 516 g/mol. The van der Waals surface area contributed by atoms with Gasteiger partial charge in [0.05, 0.1) is 28.3 Å². The Morgan fingerprint density at radius 3 is 2.51 bits per heavy atom. The predicted molar refractivity (Wildman–Crippen MR) is 162 cm³/mol. The Morgan fingerprint density at radius 1 is 1.00 bits per heavy atom. The predicted octanol–water partition coefficient (Wildman–Crippen LogP) is 4.98. The second-order valence-electron chi connectivity index (χ2n) is 9.49. The lowest BCUT2D eigenvalue weighted by atomic mass is 10.1. The number of nitrogens with zero attached hydrogens (tertiary/aromatic N) is 5. The molecule has 0 bridgehead atoms. The summed E-state index contributed by atoms with van der Waals surface area (Å²) in [4.78, 5) is 44.4. The van der Waals surface area contributed by atoms with Gasteiger partial charge in [-0.2, -0.15) is 4.98 Å². The third kappa shape index (κ3) is 5.81. The number of carbonyl (C=O) groups is 1. The zero-order chi connectivity index (χ0) is 28.9. The maximum absolute atomic E-state index is 13.9. The Morgan fingerprint density at radius 2 is 1.78 bits per heavy atom. The Hall–Kier alpha value is -5.38. The molecule has 0 saturated heterocycles. The Bertz CT molecular complexity index is 1800. The first-order chi connectivity index (χ1) is 19.9. The van der Waals surface area contributed by atoms with E-state index >= 15 is 0 Å². The molecule has 41 heavy (non-hydrogen) atoms. The van der Waals surface area contributed by atoms with Crippen molar-refractivity contribution in [2.75, 3.05) is 16.4 Å². The van der Waals surface area contributed by atoms with Gasteiger partial charge in [0.2, 0.25) is 11.9 Å². The molecule has 0 saturated carbocycles. The fraction of sp³-hybridized carbons (Fsp3) is 0.161. The summed E-state index contributed by atoms with van der Waals surface area (Å²) in [6.07, 6.45) is 5.19. The number of amides is 1. The molecule has 1 atom stereocenters. The molecule has 5 rings (SSSR count). The quantitative estimate of drug-likeness (QED) is 0.231. The van der Waals surface area contributed by atoms with Gasteiger partial charge in [-0.1, -0.05) is 43.3 Å². The van der Waals surface area contributed by atoms with Gasteiger partial charge in [-0.25, -0.2) is 15.0 Å². The van der Waals surface area contributed by atoms with Crippen molar-refractivity contribution in [1.82, 2.24) is 24.5 Å². The van der Waals surface area contributed by atoms with E-state index in [-0.39, 0.29) is 17.4 Å². The molecule has 0 radical (unpaired) electrons. The smallest absolute Gasteiger partial charge is 0.266 e. The molecule has 5 aromatic rings. The number of rotatable bonds is 8. The van der Waals surface area contributed by atoms with Crippen molar-refractivity contribution in [3.63, 3.8) is 0 Å². The molecule has 1 amide bonds. The van der Waals surface area contributed by atoms with Crippen molar-refractivity contribution >= 4 is 40.5 Å². The van der Waals surface area contributed by atoms with Crippen LogP contribution in [0.5, 0.6) is 0 Å². The standard InChI is InChI=1S/C31H30N8O2/c1-4-23(29-36-24-14-10-11-19(2)27(24)30(41)39(29)21-12-6-5-7-13-21)35-28-22(20(3)34-31(32)38-28)16-17-26(40)37-25-15-8-9-18-33-25/h5-18,23H,4H2,1-3H3,(H,33,37,40)(H3,32,34,35,38). The van der Waals surface area contributed by atoms with E-state index in [2.05, 4.69) is 25.6 Å². The van der Waals surface area contributed by atoms with Crippen LogP contribution in [0, 0.1) is 13.8 Å². The van der Waals surface area contributed by atoms with Crippen LogP contribution in [-0.4, -0.2) is 30.4 Å². The normalized spacial score (nSPS) is 12.0. The van der Waals surface area contributed by atoms with Crippen molar-refractivity contribution in [3.8, 4) is 5.69 Å². The monoisotopic (exact) mass is 546 g/mol. The lowest BCUT2D eigenvalue weighted by molar-refractivity contribution is -0.111. The molecule has 2 aromatic carbocycles. The zero-order valence-corrected chi connectivity index (χ0v) is 23.0. The van der Waals surface area contributed by atoms with Crippen molar-refractivity contribution < 1.29 is 4.79 Å². The van der Waals surface area contributed by atoms with Crippen molar-refractivity contribution in [3.05, 3.63) is 112 Å². The molecule has 1 unspecified atom stereocenters. The number of benzene rings is 2. The number of aromatic nitrogens is 5. The highest BCUT2D eigenvalue weighted by Crippen LogP contribution is 2.28. The third-order valence-electron chi connectivity index (χ3n) is 6.65. The van der Waals surface area contributed by atoms with Gasteiger partial charge in [-0.05, 0) is 62.2 Å².